The largest absolute Gasteiger partial charge is 0.318 e. The van der Waals surface area contributed by atoms with Crippen LogP contribution in [0.3, 0.4) is 0 Å². The quantitative estimate of drug-likeness (QED) is 0.220. The number of aromatic nitrogens is 1. The summed E-state index contributed by atoms with van der Waals surface area (Å²) in [5.41, 5.74) is 8.18. The Balaban J connectivity index is 1.11. The van der Waals surface area contributed by atoms with Crippen molar-refractivity contribution in [3.63, 3.8) is 0 Å². The number of aryl methyl sites for hydroxylation is 1. The number of carbonyl (C=O) groups is 1. The number of amides is 1. The fourth-order valence-electron chi connectivity index (χ4n) is 8.87. The molecule has 4 nitrogen and oxygen atoms in total. The van der Waals surface area contributed by atoms with Crippen molar-refractivity contribution >= 4 is 40.3 Å². The minimum atomic E-state index is -0.0457. The normalized spacial score (nSPS) is 28.0. The van der Waals surface area contributed by atoms with Gasteiger partial charge in [-0.3, -0.25) is 9.69 Å². The van der Waals surface area contributed by atoms with Gasteiger partial charge in [0.15, 0.2) is 5.17 Å². The van der Waals surface area contributed by atoms with Gasteiger partial charge in [-0.05, 0) is 147 Å². The van der Waals surface area contributed by atoms with E-state index in [4.69, 9.17) is 4.99 Å². The number of nitrogens with zero attached hydrogens (tertiary/aromatic N) is 3. The zero-order chi connectivity index (χ0) is 29.1. The van der Waals surface area contributed by atoms with E-state index in [1.807, 2.05) is 66.7 Å². The van der Waals surface area contributed by atoms with E-state index in [1.165, 1.54) is 61.7 Å². The van der Waals surface area contributed by atoms with E-state index >= 15 is 0 Å². The number of rotatable bonds is 5. The van der Waals surface area contributed by atoms with E-state index in [0.29, 0.717) is 15.5 Å². The number of hydrogen-bond donors (Lipinski definition) is 0. The van der Waals surface area contributed by atoms with Gasteiger partial charge in [0.05, 0.1) is 16.3 Å². The molecular formula is C38H37N3OS. The summed E-state index contributed by atoms with van der Waals surface area (Å²) in [6.45, 7) is 4.31. The van der Waals surface area contributed by atoms with E-state index in [0.717, 1.165) is 40.4 Å². The molecular weight excluding hydrogens is 547 g/mol. The monoisotopic (exact) mass is 583 g/mol. The Labute approximate surface area is 258 Å². The second-order valence-corrected chi connectivity index (χ2v) is 14.2. The molecule has 1 aromatic heterocycles. The number of para-hydroxylation sites is 2. The summed E-state index contributed by atoms with van der Waals surface area (Å²) in [4.78, 5) is 21.1. The average molecular weight is 584 g/mol. The summed E-state index contributed by atoms with van der Waals surface area (Å²) >= 11 is 1.44. The van der Waals surface area contributed by atoms with Crippen LogP contribution in [-0.4, -0.2) is 15.6 Å². The molecule has 1 saturated heterocycles. The van der Waals surface area contributed by atoms with Crippen LogP contribution in [0, 0.1) is 31.6 Å². The van der Waals surface area contributed by atoms with Crippen molar-refractivity contribution in [1.82, 2.24) is 4.57 Å². The summed E-state index contributed by atoms with van der Waals surface area (Å²) in [7, 11) is 0. The first-order valence-electron chi connectivity index (χ1n) is 15.7. The maximum Gasteiger partial charge on any atom is 0.271 e. The van der Waals surface area contributed by atoms with Crippen LogP contribution in [0.15, 0.2) is 101 Å². The van der Waals surface area contributed by atoms with Gasteiger partial charge in [-0.15, -0.1) is 0 Å². The van der Waals surface area contributed by atoms with Gasteiger partial charge in [0, 0.05) is 17.1 Å². The predicted octanol–water partition coefficient (Wildman–Crippen LogP) is 9.37. The summed E-state index contributed by atoms with van der Waals surface area (Å²) in [5, 5.41) is 0.669. The van der Waals surface area contributed by atoms with Gasteiger partial charge in [0.25, 0.3) is 5.91 Å². The van der Waals surface area contributed by atoms with E-state index in [-0.39, 0.29) is 5.91 Å². The van der Waals surface area contributed by atoms with Crippen LogP contribution < -0.4 is 4.90 Å². The van der Waals surface area contributed by atoms with Crippen molar-refractivity contribution in [2.75, 3.05) is 4.90 Å². The van der Waals surface area contributed by atoms with Gasteiger partial charge in [-0.1, -0.05) is 48.5 Å². The molecule has 4 aliphatic carbocycles. The minimum absolute atomic E-state index is 0.0457. The second-order valence-electron chi connectivity index (χ2n) is 13.2. The standard InChI is InChI=1S/C38H37N3OS/c1-25-17-30(21-35-36(42)41(33-11-7-4-8-12-33)37(43-35)39-32-9-5-3-6-10-32)26(2)40(25)34-15-13-31(14-16-34)38-22-27-18-28(23-38)20-29(19-27)24-38/h3-17,21,27-29H,18-20,22-24H2,1-2H3/b35-21-,39-37?. The van der Waals surface area contributed by atoms with Crippen molar-refractivity contribution in [2.45, 2.75) is 57.8 Å². The molecule has 5 heteroatoms. The number of aliphatic imine (C=N–C) groups is 1. The van der Waals surface area contributed by atoms with Gasteiger partial charge >= 0.3 is 0 Å². The Morgan fingerprint density at radius 2 is 1.40 bits per heavy atom. The molecule has 0 atom stereocenters. The fourth-order valence-corrected chi connectivity index (χ4v) is 9.86. The Kier molecular flexibility index (Phi) is 6.48. The predicted molar refractivity (Wildman–Crippen MR) is 178 cm³/mol. The molecule has 3 aromatic carbocycles. The van der Waals surface area contributed by atoms with E-state index in [9.17, 15) is 4.79 Å². The lowest BCUT2D eigenvalue weighted by molar-refractivity contribution is -0.113. The molecule has 5 aliphatic rings. The van der Waals surface area contributed by atoms with Crippen LogP contribution >= 0.6 is 11.8 Å². The van der Waals surface area contributed by atoms with Crippen LogP contribution in [0.1, 0.15) is 61.0 Å². The van der Waals surface area contributed by atoms with Crippen molar-refractivity contribution in [3.8, 4) is 5.69 Å². The summed E-state index contributed by atoms with van der Waals surface area (Å²) < 4.78 is 2.33. The maximum absolute atomic E-state index is 13.8. The highest BCUT2D eigenvalue weighted by Gasteiger charge is 2.51. The Morgan fingerprint density at radius 3 is 2.02 bits per heavy atom. The molecule has 4 bridgehead atoms. The van der Waals surface area contributed by atoms with Gasteiger partial charge in [0.1, 0.15) is 0 Å². The number of amidine groups is 1. The molecule has 0 N–H and O–H groups in total. The molecule has 9 rings (SSSR count). The van der Waals surface area contributed by atoms with Crippen molar-refractivity contribution in [2.24, 2.45) is 22.7 Å². The molecule has 0 unspecified atom stereocenters. The first-order valence-corrected chi connectivity index (χ1v) is 16.5. The summed E-state index contributed by atoms with van der Waals surface area (Å²) in [6, 6.07) is 31.3. The lowest BCUT2D eigenvalue weighted by Crippen LogP contribution is -2.48. The van der Waals surface area contributed by atoms with Crippen LogP contribution in [0.2, 0.25) is 0 Å². The lowest BCUT2D eigenvalue weighted by Gasteiger charge is -2.57. The molecule has 1 aliphatic heterocycles. The number of anilines is 1. The zero-order valence-electron chi connectivity index (χ0n) is 24.9. The smallest absolute Gasteiger partial charge is 0.271 e. The molecule has 5 fully saturated rings. The summed E-state index contributed by atoms with van der Waals surface area (Å²) in [5.74, 6) is 2.80. The second kappa shape index (κ2) is 10.4. The summed E-state index contributed by atoms with van der Waals surface area (Å²) in [6.07, 6.45) is 10.6. The lowest BCUT2D eigenvalue weighted by atomic mass is 9.48. The highest BCUT2D eigenvalue weighted by atomic mass is 32.2. The van der Waals surface area contributed by atoms with E-state index in [2.05, 4.69) is 48.7 Å². The third-order valence-corrected chi connectivity index (χ3v) is 11.3. The van der Waals surface area contributed by atoms with Crippen LogP contribution in [-0.2, 0) is 10.2 Å². The number of thioether (sulfide) groups is 1. The highest BCUT2D eigenvalue weighted by Crippen LogP contribution is 2.60. The molecule has 4 aromatic rings. The van der Waals surface area contributed by atoms with Crippen molar-refractivity contribution in [1.29, 1.82) is 0 Å². The van der Waals surface area contributed by atoms with E-state index in [1.54, 1.807) is 10.5 Å². The van der Waals surface area contributed by atoms with Crippen LogP contribution in [0.4, 0.5) is 11.4 Å². The van der Waals surface area contributed by atoms with Crippen molar-refractivity contribution < 1.29 is 4.79 Å². The highest BCUT2D eigenvalue weighted by molar-refractivity contribution is 8.19. The number of carbonyl (C=O) groups excluding carboxylic acids is 1. The fraction of sp³-hybridized carbons (Fsp3) is 0.316. The minimum Gasteiger partial charge on any atom is -0.318 e. The van der Waals surface area contributed by atoms with Gasteiger partial charge in [0.2, 0.25) is 0 Å². The third-order valence-electron chi connectivity index (χ3n) is 10.3. The Bertz CT molecular complexity index is 1710. The molecule has 0 spiro atoms. The molecule has 43 heavy (non-hydrogen) atoms. The topological polar surface area (TPSA) is 37.6 Å². The van der Waals surface area contributed by atoms with Gasteiger partial charge < -0.3 is 4.57 Å². The molecule has 4 saturated carbocycles. The van der Waals surface area contributed by atoms with Crippen molar-refractivity contribution in [3.05, 3.63) is 118 Å². The van der Waals surface area contributed by atoms with Crippen LogP contribution in [0.25, 0.3) is 11.8 Å². The molecule has 2 heterocycles. The Hall–Kier alpha value is -3.83. The molecule has 216 valence electrons. The number of hydrogen-bond acceptors (Lipinski definition) is 3. The van der Waals surface area contributed by atoms with Gasteiger partial charge in [-0.25, -0.2) is 4.99 Å². The molecule has 1 amide bonds. The SMILES string of the molecule is Cc1cc(/C=C2\SC(=Nc3ccccc3)N(c3ccccc3)C2=O)c(C)n1-c1ccc(C23CC4CC(CC(C4)C2)C3)cc1. The van der Waals surface area contributed by atoms with E-state index < -0.39 is 0 Å². The maximum atomic E-state index is 13.8. The number of benzene rings is 3. The first-order chi connectivity index (χ1) is 21.0. The average Bonchev–Trinajstić information content (AvgIpc) is 3.46. The molecule has 0 radical (unpaired) electrons. The Morgan fingerprint density at radius 1 is 0.791 bits per heavy atom. The van der Waals surface area contributed by atoms with Crippen LogP contribution in [0.5, 0.6) is 0 Å². The zero-order valence-corrected chi connectivity index (χ0v) is 25.7. The first kappa shape index (κ1) is 26.8. The third kappa shape index (κ3) is 4.69. The van der Waals surface area contributed by atoms with Gasteiger partial charge in [-0.2, -0.15) is 0 Å².